The van der Waals surface area contributed by atoms with E-state index in [-0.39, 0.29) is 45.2 Å². The number of nitrogens with zero attached hydrogens (tertiary/aromatic N) is 4. The molecule has 1 amide bonds. The molecule has 0 spiro atoms. The van der Waals surface area contributed by atoms with Crippen LogP contribution in [0.15, 0.2) is 55.2 Å². The molecule has 0 fully saturated rings. The van der Waals surface area contributed by atoms with Gasteiger partial charge in [0.05, 0.1) is 21.8 Å². The van der Waals surface area contributed by atoms with Crippen LogP contribution in [0.25, 0.3) is 0 Å². The van der Waals surface area contributed by atoms with Gasteiger partial charge in [-0.2, -0.15) is 13.2 Å². The number of aromatic nitrogens is 4. The maximum atomic E-state index is 13.0. The highest BCUT2D eigenvalue weighted by atomic mass is 35.5. The lowest BCUT2D eigenvalue weighted by atomic mass is 10.0. The highest BCUT2D eigenvalue weighted by Gasteiger charge is 2.33. The maximum absolute atomic E-state index is 13.0. The molecule has 2 N–H and O–H groups in total. The Bertz CT molecular complexity index is 1480. The zero-order valence-corrected chi connectivity index (χ0v) is 21.7. The fraction of sp³-hybridized carbons (Fsp3) is 0.167. The number of nitrogens with one attached hydrogen (secondary N) is 2. The van der Waals surface area contributed by atoms with E-state index in [2.05, 4.69) is 30.6 Å². The third-order valence-corrected chi connectivity index (χ3v) is 7.09. The first-order chi connectivity index (χ1) is 18.0. The summed E-state index contributed by atoms with van der Waals surface area (Å²) in [7, 11) is 0. The Labute approximate surface area is 228 Å². The molecular weight excluding hydrogens is 564 g/mol. The third kappa shape index (κ3) is 6.44. The maximum Gasteiger partial charge on any atom is 0.417 e. The molecule has 0 aliphatic rings. The largest absolute Gasteiger partial charge is 0.417 e. The number of thiazole rings is 1. The van der Waals surface area contributed by atoms with Gasteiger partial charge in [-0.25, -0.2) is 15.0 Å². The molecule has 0 aliphatic heterocycles. The van der Waals surface area contributed by atoms with E-state index in [1.165, 1.54) is 12.5 Å². The van der Waals surface area contributed by atoms with Gasteiger partial charge < -0.3 is 10.6 Å². The fourth-order valence-corrected chi connectivity index (χ4v) is 4.72. The molecule has 3 aromatic heterocycles. The second-order valence-corrected chi connectivity index (χ2v) is 9.83. The number of alkyl halides is 3. The molecule has 196 valence electrons. The average Bonchev–Trinajstić information content (AvgIpc) is 3.36. The third-order valence-electron chi connectivity index (χ3n) is 5.19. The molecule has 1 unspecified atom stereocenters. The Balaban J connectivity index is 1.41. The topological polar surface area (TPSA) is 110 Å². The molecule has 3 heterocycles. The Morgan fingerprint density at radius 2 is 1.79 bits per heavy atom. The fourth-order valence-electron chi connectivity index (χ4n) is 3.32. The predicted molar refractivity (Wildman–Crippen MR) is 138 cm³/mol. The van der Waals surface area contributed by atoms with Gasteiger partial charge in [-0.1, -0.05) is 30.1 Å². The minimum Gasteiger partial charge on any atom is -0.339 e. The summed E-state index contributed by atoms with van der Waals surface area (Å²) >= 11 is 13.2. The van der Waals surface area contributed by atoms with Crippen LogP contribution in [0.4, 0.5) is 30.4 Å². The van der Waals surface area contributed by atoms with E-state index in [1.807, 2.05) is 0 Å². The van der Waals surface area contributed by atoms with Crippen molar-refractivity contribution in [1.82, 2.24) is 19.9 Å². The minimum atomic E-state index is -4.60. The molecule has 0 aliphatic carbocycles. The summed E-state index contributed by atoms with van der Waals surface area (Å²) in [4.78, 5) is 42.0. The van der Waals surface area contributed by atoms with Crippen molar-refractivity contribution < 1.29 is 22.8 Å². The Kier molecular flexibility index (Phi) is 8.24. The number of Topliss-reactive ketones (excluding diaryl/α,β-unsaturated/α-hetero) is 1. The SMILES string of the molecule is CC(CC(=O)c1ncnc(Nc2ccncc2)c1Cl)c1ncc(C(=O)Nc2ccc(C(F)(F)F)c(Cl)c2)s1. The Morgan fingerprint density at radius 1 is 1.05 bits per heavy atom. The van der Waals surface area contributed by atoms with Crippen molar-refractivity contribution in [3.05, 3.63) is 86.4 Å². The number of carbonyl (C=O) groups excluding carboxylic acids is 2. The van der Waals surface area contributed by atoms with Crippen molar-refractivity contribution in [2.24, 2.45) is 0 Å². The molecule has 8 nitrogen and oxygen atoms in total. The lowest BCUT2D eigenvalue weighted by Gasteiger charge is -2.11. The second kappa shape index (κ2) is 11.4. The molecule has 4 aromatic rings. The van der Waals surface area contributed by atoms with Crippen LogP contribution < -0.4 is 10.6 Å². The molecule has 0 saturated heterocycles. The summed E-state index contributed by atoms with van der Waals surface area (Å²) in [6.07, 6.45) is 1.14. The van der Waals surface area contributed by atoms with Gasteiger partial charge in [0.15, 0.2) is 11.6 Å². The van der Waals surface area contributed by atoms with E-state index in [0.717, 1.165) is 29.5 Å². The molecule has 4 rings (SSSR count). The van der Waals surface area contributed by atoms with Gasteiger partial charge in [-0.05, 0) is 30.3 Å². The van der Waals surface area contributed by atoms with E-state index in [1.54, 1.807) is 31.5 Å². The number of pyridine rings is 1. The first kappa shape index (κ1) is 27.4. The van der Waals surface area contributed by atoms with Crippen molar-refractivity contribution in [3.8, 4) is 0 Å². The van der Waals surface area contributed by atoms with Crippen molar-refractivity contribution in [2.75, 3.05) is 10.6 Å². The average molecular weight is 581 g/mol. The van der Waals surface area contributed by atoms with Gasteiger partial charge in [0.2, 0.25) is 0 Å². The monoisotopic (exact) mass is 580 g/mol. The van der Waals surface area contributed by atoms with Gasteiger partial charge >= 0.3 is 6.18 Å². The normalized spacial score (nSPS) is 12.2. The van der Waals surface area contributed by atoms with Gasteiger partial charge in [0, 0.05) is 36.1 Å². The van der Waals surface area contributed by atoms with Crippen LogP contribution in [-0.4, -0.2) is 31.6 Å². The summed E-state index contributed by atoms with van der Waals surface area (Å²) in [5.41, 5.74) is -0.182. The van der Waals surface area contributed by atoms with Crippen LogP contribution in [0.1, 0.15) is 50.0 Å². The van der Waals surface area contributed by atoms with Crippen LogP contribution in [0.3, 0.4) is 0 Å². The van der Waals surface area contributed by atoms with Crippen LogP contribution in [-0.2, 0) is 6.18 Å². The zero-order valence-electron chi connectivity index (χ0n) is 19.4. The summed E-state index contributed by atoms with van der Waals surface area (Å²) in [5.74, 6) is -1.03. The van der Waals surface area contributed by atoms with Crippen molar-refractivity contribution in [2.45, 2.75) is 25.4 Å². The second-order valence-electron chi connectivity index (χ2n) is 7.98. The quantitative estimate of drug-likeness (QED) is 0.215. The van der Waals surface area contributed by atoms with E-state index in [4.69, 9.17) is 23.2 Å². The van der Waals surface area contributed by atoms with Crippen molar-refractivity contribution in [3.63, 3.8) is 0 Å². The van der Waals surface area contributed by atoms with E-state index in [9.17, 15) is 22.8 Å². The zero-order chi connectivity index (χ0) is 27.4. The predicted octanol–water partition coefficient (Wildman–Crippen LogP) is 7.03. The number of carbonyl (C=O) groups is 2. The highest BCUT2D eigenvalue weighted by Crippen LogP contribution is 2.36. The van der Waals surface area contributed by atoms with Gasteiger partial charge in [-0.3, -0.25) is 14.6 Å². The van der Waals surface area contributed by atoms with Crippen LogP contribution >= 0.6 is 34.5 Å². The summed E-state index contributed by atoms with van der Waals surface area (Å²) < 4.78 is 38.7. The number of anilines is 3. The number of amides is 1. The lowest BCUT2D eigenvalue weighted by Crippen LogP contribution is -2.11. The molecule has 1 atom stereocenters. The minimum absolute atomic E-state index is 0.00845. The van der Waals surface area contributed by atoms with Crippen molar-refractivity contribution >= 4 is 63.4 Å². The number of halogens is 5. The van der Waals surface area contributed by atoms with Gasteiger partial charge in [0.25, 0.3) is 5.91 Å². The van der Waals surface area contributed by atoms with Gasteiger partial charge in [-0.15, -0.1) is 11.3 Å². The summed E-state index contributed by atoms with van der Waals surface area (Å²) in [6, 6.07) is 6.35. The smallest absolute Gasteiger partial charge is 0.339 e. The summed E-state index contributed by atoms with van der Waals surface area (Å²) in [6.45, 7) is 1.76. The first-order valence-electron chi connectivity index (χ1n) is 10.9. The van der Waals surface area contributed by atoms with Crippen molar-refractivity contribution in [1.29, 1.82) is 0 Å². The standard InChI is InChI=1S/C24H17Cl2F3N6O2S/c1-12(8-17(36)20-19(26)21(33-11-32-20)34-13-4-6-30-7-5-13)23-31-10-18(38-23)22(37)35-14-2-3-15(16(25)9-14)24(27,28)29/h2-7,9-12H,8H2,1H3,(H,35,37)(H,30,32,33,34). The molecule has 1 aromatic carbocycles. The van der Waals surface area contributed by atoms with Crippen LogP contribution in [0, 0.1) is 0 Å². The Morgan fingerprint density at radius 3 is 2.47 bits per heavy atom. The van der Waals surface area contributed by atoms with E-state index < -0.39 is 22.7 Å². The molecule has 0 bridgehead atoms. The lowest BCUT2D eigenvalue weighted by molar-refractivity contribution is -0.137. The molecule has 14 heteroatoms. The first-order valence-corrected chi connectivity index (χ1v) is 12.4. The number of hydrogen-bond acceptors (Lipinski definition) is 8. The molecule has 0 radical (unpaired) electrons. The number of benzene rings is 1. The molecule has 38 heavy (non-hydrogen) atoms. The molecule has 0 saturated carbocycles. The van der Waals surface area contributed by atoms with Crippen LogP contribution in [0.5, 0.6) is 0 Å². The molecular formula is C24H17Cl2F3N6O2S. The number of hydrogen-bond donors (Lipinski definition) is 2. The van der Waals surface area contributed by atoms with E-state index in [0.29, 0.717) is 10.7 Å². The van der Waals surface area contributed by atoms with Gasteiger partial charge in [0.1, 0.15) is 21.9 Å². The number of ketones is 1. The number of rotatable bonds is 8. The highest BCUT2D eigenvalue weighted by molar-refractivity contribution is 7.13. The van der Waals surface area contributed by atoms with E-state index >= 15 is 0 Å². The Hall–Kier alpha value is -3.61. The summed E-state index contributed by atoms with van der Waals surface area (Å²) in [5, 5.41) is 5.55. The van der Waals surface area contributed by atoms with Crippen LogP contribution in [0.2, 0.25) is 10.0 Å².